The molecule has 0 aromatic heterocycles. The Morgan fingerprint density at radius 3 is 2.13 bits per heavy atom. The Morgan fingerprint density at radius 2 is 1.48 bits per heavy atom. The van der Waals surface area contributed by atoms with Crippen LogP contribution in [0.1, 0.15) is 63.0 Å². The zero-order valence-electron chi connectivity index (χ0n) is 18.2. The number of carbonyl (C=O) groups excluding carboxylic acids is 1. The molecule has 4 nitrogen and oxygen atoms in total. The summed E-state index contributed by atoms with van der Waals surface area (Å²) in [6.45, 7) is 2.58. The van der Waals surface area contributed by atoms with Gasteiger partial charge in [-0.05, 0) is 49.3 Å². The molecule has 4 heteroatoms. The number of benzene rings is 2. The van der Waals surface area contributed by atoms with Crippen molar-refractivity contribution < 1.29 is 4.79 Å². The molecule has 0 aliphatic carbocycles. The normalized spacial score (nSPS) is 18.2. The third kappa shape index (κ3) is 5.04. The molecule has 1 atom stereocenters. The van der Waals surface area contributed by atoms with E-state index >= 15 is 0 Å². The van der Waals surface area contributed by atoms with E-state index < -0.39 is 5.41 Å². The largest absolute Gasteiger partial charge is 0.307 e. The molecule has 3 rings (SSSR count). The van der Waals surface area contributed by atoms with Gasteiger partial charge >= 0.3 is 0 Å². The fourth-order valence-corrected chi connectivity index (χ4v) is 4.47. The molecule has 31 heavy (non-hydrogen) atoms. The van der Waals surface area contributed by atoms with Gasteiger partial charge in [-0.25, -0.2) is 0 Å². The van der Waals surface area contributed by atoms with Crippen LogP contribution >= 0.6 is 0 Å². The molecular weight excluding hydrogens is 382 g/mol. The van der Waals surface area contributed by atoms with E-state index in [0.717, 1.165) is 54.5 Å². The fraction of sp³-hybridized carbons (Fsp3) is 0.370. The molecule has 1 amide bonds. The average molecular weight is 412 g/mol. The molecule has 1 heterocycles. The van der Waals surface area contributed by atoms with Crippen LogP contribution in [0.2, 0.25) is 0 Å². The maximum absolute atomic E-state index is 13.9. The summed E-state index contributed by atoms with van der Waals surface area (Å²) in [5.41, 5.74) is 3.65. The van der Waals surface area contributed by atoms with Crippen molar-refractivity contribution >= 4 is 11.6 Å². The number of amides is 1. The Kier molecular flexibility index (Phi) is 7.63. The summed E-state index contributed by atoms with van der Waals surface area (Å²) >= 11 is 0. The second-order valence-corrected chi connectivity index (χ2v) is 8.28. The molecule has 1 aliphatic heterocycles. The van der Waals surface area contributed by atoms with Crippen LogP contribution < -0.4 is 0 Å². The van der Waals surface area contributed by atoms with Crippen LogP contribution in [0.25, 0.3) is 5.70 Å². The highest BCUT2D eigenvalue weighted by Gasteiger charge is 2.48. The second-order valence-electron chi connectivity index (χ2n) is 8.28. The standard InChI is InChI=1S/C27H29N3O/c1-27(18-10-4-11-19-28)24(17-9-12-20-29)25(23-15-7-3-8-16-23)30(26(27)31)21-22-13-5-2-6-14-22/h2-3,5-8,13-16H,4,9-12,17-18,21H2,1H3. The van der Waals surface area contributed by atoms with Gasteiger partial charge in [-0.3, -0.25) is 4.79 Å². The Balaban J connectivity index is 2.05. The summed E-state index contributed by atoms with van der Waals surface area (Å²) in [5.74, 6) is 0.124. The third-order valence-corrected chi connectivity index (χ3v) is 6.10. The van der Waals surface area contributed by atoms with E-state index in [1.54, 1.807) is 0 Å². The maximum Gasteiger partial charge on any atom is 0.237 e. The molecule has 0 spiro atoms. The van der Waals surface area contributed by atoms with Crippen LogP contribution in [-0.4, -0.2) is 10.8 Å². The molecule has 0 fully saturated rings. The predicted molar refractivity (Wildman–Crippen MR) is 122 cm³/mol. The monoisotopic (exact) mass is 411 g/mol. The van der Waals surface area contributed by atoms with Gasteiger partial charge in [0.25, 0.3) is 0 Å². The van der Waals surface area contributed by atoms with Gasteiger partial charge < -0.3 is 4.90 Å². The summed E-state index contributed by atoms with van der Waals surface area (Å²) in [4.78, 5) is 15.8. The minimum atomic E-state index is -0.606. The molecule has 1 unspecified atom stereocenters. The minimum absolute atomic E-state index is 0.124. The number of hydrogen-bond acceptors (Lipinski definition) is 3. The lowest BCUT2D eigenvalue weighted by Crippen LogP contribution is -2.35. The summed E-state index contributed by atoms with van der Waals surface area (Å²) in [7, 11) is 0. The molecule has 158 valence electrons. The molecule has 2 aromatic carbocycles. The van der Waals surface area contributed by atoms with E-state index in [0.29, 0.717) is 19.4 Å². The highest BCUT2D eigenvalue weighted by atomic mass is 16.2. The van der Waals surface area contributed by atoms with Crippen LogP contribution in [0.3, 0.4) is 0 Å². The van der Waals surface area contributed by atoms with E-state index in [1.165, 1.54) is 0 Å². The Morgan fingerprint density at radius 1 is 0.871 bits per heavy atom. The van der Waals surface area contributed by atoms with Crippen molar-refractivity contribution in [3.8, 4) is 12.1 Å². The molecule has 0 saturated heterocycles. The summed E-state index contributed by atoms with van der Waals surface area (Å²) in [6, 6.07) is 24.6. The zero-order valence-corrected chi connectivity index (χ0v) is 18.2. The molecule has 0 N–H and O–H groups in total. The van der Waals surface area contributed by atoms with Crippen LogP contribution in [0.4, 0.5) is 0 Å². The van der Waals surface area contributed by atoms with Gasteiger partial charge in [0.1, 0.15) is 0 Å². The summed E-state index contributed by atoms with van der Waals surface area (Å²) < 4.78 is 0. The second kappa shape index (κ2) is 10.6. The van der Waals surface area contributed by atoms with Crippen LogP contribution in [-0.2, 0) is 11.3 Å². The number of nitrogens with zero attached hydrogens (tertiary/aromatic N) is 3. The predicted octanol–water partition coefficient (Wildman–Crippen LogP) is 6.22. The van der Waals surface area contributed by atoms with Crippen molar-refractivity contribution in [1.29, 1.82) is 10.5 Å². The fourth-order valence-electron chi connectivity index (χ4n) is 4.47. The topological polar surface area (TPSA) is 67.9 Å². The molecule has 1 aliphatic rings. The number of rotatable bonds is 10. The van der Waals surface area contributed by atoms with Crippen molar-refractivity contribution in [1.82, 2.24) is 4.90 Å². The Hall–Kier alpha value is -3.37. The molecular formula is C27H29N3O. The Bertz CT molecular complexity index is 998. The maximum atomic E-state index is 13.9. The number of nitriles is 2. The smallest absolute Gasteiger partial charge is 0.237 e. The first-order valence-electron chi connectivity index (χ1n) is 11.0. The Labute approximate surface area is 185 Å². The summed E-state index contributed by atoms with van der Waals surface area (Å²) in [6.07, 6.45) is 4.80. The van der Waals surface area contributed by atoms with Crippen LogP contribution in [0.15, 0.2) is 66.2 Å². The molecule has 0 saturated carbocycles. The molecule has 2 aromatic rings. The highest BCUT2D eigenvalue weighted by Crippen LogP contribution is 2.49. The van der Waals surface area contributed by atoms with Gasteiger partial charge in [0.15, 0.2) is 0 Å². The first-order chi connectivity index (χ1) is 15.1. The van der Waals surface area contributed by atoms with Gasteiger partial charge in [-0.15, -0.1) is 0 Å². The molecule has 0 bridgehead atoms. The lowest BCUT2D eigenvalue weighted by atomic mass is 9.76. The van der Waals surface area contributed by atoms with Crippen molar-refractivity contribution in [3.05, 3.63) is 77.4 Å². The van der Waals surface area contributed by atoms with Gasteiger partial charge in [0, 0.05) is 12.8 Å². The van der Waals surface area contributed by atoms with Crippen LogP contribution in [0, 0.1) is 28.1 Å². The van der Waals surface area contributed by atoms with E-state index in [9.17, 15) is 4.79 Å². The number of unbranched alkanes of at least 4 members (excludes halogenated alkanes) is 3. The average Bonchev–Trinajstić information content (AvgIpc) is 3.00. The van der Waals surface area contributed by atoms with Gasteiger partial charge in [0.05, 0.1) is 29.8 Å². The van der Waals surface area contributed by atoms with Gasteiger partial charge in [-0.2, -0.15) is 10.5 Å². The number of carbonyl (C=O) groups is 1. The van der Waals surface area contributed by atoms with Crippen LogP contribution in [0.5, 0.6) is 0 Å². The van der Waals surface area contributed by atoms with Crippen molar-refractivity contribution in [2.24, 2.45) is 5.41 Å². The van der Waals surface area contributed by atoms with Crippen molar-refractivity contribution in [3.63, 3.8) is 0 Å². The van der Waals surface area contributed by atoms with E-state index in [-0.39, 0.29) is 5.91 Å². The van der Waals surface area contributed by atoms with Gasteiger partial charge in [-0.1, -0.05) is 67.1 Å². The minimum Gasteiger partial charge on any atom is -0.307 e. The lowest BCUT2D eigenvalue weighted by Gasteiger charge is -2.27. The van der Waals surface area contributed by atoms with E-state index in [2.05, 4.69) is 31.2 Å². The number of hydrogen-bond donors (Lipinski definition) is 0. The van der Waals surface area contributed by atoms with Gasteiger partial charge in [0.2, 0.25) is 5.91 Å². The molecule has 0 radical (unpaired) electrons. The highest BCUT2D eigenvalue weighted by molar-refractivity contribution is 6.00. The first kappa shape index (κ1) is 22.3. The zero-order chi connectivity index (χ0) is 22.1. The first-order valence-corrected chi connectivity index (χ1v) is 11.0. The van der Waals surface area contributed by atoms with Crippen molar-refractivity contribution in [2.75, 3.05) is 0 Å². The lowest BCUT2D eigenvalue weighted by molar-refractivity contribution is -0.134. The summed E-state index contributed by atoms with van der Waals surface area (Å²) in [5, 5.41) is 18.0. The third-order valence-electron chi connectivity index (χ3n) is 6.10. The van der Waals surface area contributed by atoms with E-state index in [4.69, 9.17) is 10.5 Å². The SMILES string of the molecule is CC1(CCCCC#N)C(=O)N(Cc2ccccc2)C(c2ccccc2)=C1CCCC#N. The quantitative estimate of drug-likeness (QED) is 0.436. The van der Waals surface area contributed by atoms with E-state index in [1.807, 2.05) is 53.4 Å². The van der Waals surface area contributed by atoms with Crippen molar-refractivity contribution in [2.45, 2.75) is 58.4 Å².